The zero-order valence-corrected chi connectivity index (χ0v) is 23.7. The predicted octanol–water partition coefficient (Wildman–Crippen LogP) is 2.76. The van der Waals surface area contributed by atoms with Gasteiger partial charge in [0.1, 0.15) is 0 Å². The van der Waals surface area contributed by atoms with Gasteiger partial charge < -0.3 is 9.11 Å². The van der Waals surface area contributed by atoms with E-state index in [0.717, 1.165) is 49.0 Å². The zero-order valence-electron chi connectivity index (χ0n) is 21.0. The van der Waals surface area contributed by atoms with E-state index in [9.17, 15) is 26.3 Å². The van der Waals surface area contributed by atoms with Crippen molar-refractivity contribution in [3.05, 3.63) is 59.2 Å². The van der Waals surface area contributed by atoms with E-state index >= 15 is 0 Å². The largest absolute Gasteiger partial charge is 4.00 e. The molecule has 2 heterocycles. The van der Waals surface area contributed by atoms with E-state index in [1.165, 1.54) is 0 Å². The normalized spacial score (nSPS) is 12.2. The number of aryl methyl sites for hydroxylation is 2. The Kier molecular flexibility index (Phi) is 16.5. The minimum absolute atomic E-state index is 0. The second kappa shape index (κ2) is 16.4. The van der Waals surface area contributed by atoms with Crippen molar-refractivity contribution in [1.29, 1.82) is 0 Å². The van der Waals surface area contributed by atoms with Crippen LogP contribution in [0.4, 0.5) is 26.3 Å². The molecule has 222 valence electrons. The molecule has 0 radical (unpaired) electrons. The van der Waals surface area contributed by atoms with Gasteiger partial charge >= 0.3 is 28.1 Å². The van der Waals surface area contributed by atoms with Crippen molar-refractivity contribution in [1.82, 2.24) is 19.8 Å². The number of aromatic nitrogens is 2. The Balaban J connectivity index is 0. The molecule has 2 aromatic rings. The maximum Gasteiger partial charge on any atom is 4.00 e. The number of likely N-dealkylation sites (N-methyl/N-ethyl adjacent to an activating group) is 2. The Bertz CT molecular complexity index is 1140. The van der Waals surface area contributed by atoms with Crippen LogP contribution in [0, 0.1) is 13.8 Å². The number of hydrogen-bond donors (Lipinski definition) is 0. The number of pyridine rings is 2. The molecule has 0 bridgehead atoms. The summed E-state index contributed by atoms with van der Waals surface area (Å²) < 4.78 is 118. The molecule has 0 unspecified atom stereocenters. The van der Waals surface area contributed by atoms with Crippen molar-refractivity contribution in [2.75, 3.05) is 27.2 Å². The van der Waals surface area contributed by atoms with Gasteiger partial charge in [0.2, 0.25) is 0 Å². The minimum Gasteiger partial charge on any atom is -0.741 e. The van der Waals surface area contributed by atoms with Gasteiger partial charge in [0, 0.05) is 37.6 Å². The van der Waals surface area contributed by atoms with E-state index in [-0.39, 0.29) is 17.1 Å². The first kappa shape index (κ1) is 39.3. The summed E-state index contributed by atoms with van der Waals surface area (Å²) in [5, 5.41) is 0. The first-order valence-corrected chi connectivity index (χ1v) is 13.1. The Morgan fingerprint density at radius 3 is 1.15 bits per heavy atom. The van der Waals surface area contributed by atoms with E-state index in [0.29, 0.717) is 0 Å². The molecule has 2 rings (SSSR count). The monoisotopic (exact) mass is 652 g/mol. The molecule has 10 nitrogen and oxygen atoms in total. The Hall–Kier alpha value is -1.86. The standard InChI is InChI=1S/C18H26N4.2CHF3O3S.Fe/c1-15-7-5-9-17(19-15)13-21(3)11-12-22(4)14-18-10-6-8-16(2)20-18;2*2-1(3,4)8(5,6)7;/h5-10H,11-14H2,1-4H3;2*(H,5,6,7);/q;;;+4/p-2. The van der Waals surface area contributed by atoms with Crippen LogP contribution < -0.4 is 0 Å². The molecule has 0 aliphatic heterocycles. The fourth-order valence-electron chi connectivity index (χ4n) is 2.43. The average Bonchev–Trinajstić information content (AvgIpc) is 2.70. The molecule has 0 saturated heterocycles. The van der Waals surface area contributed by atoms with Crippen LogP contribution in [-0.2, 0) is 50.4 Å². The average molecular weight is 652 g/mol. The van der Waals surface area contributed by atoms with Gasteiger partial charge in [0.05, 0.1) is 11.4 Å². The van der Waals surface area contributed by atoms with Gasteiger partial charge in [0.15, 0.2) is 20.2 Å². The molecular weight excluding hydrogens is 626 g/mol. The van der Waals surface area contributed by atoms with Gasteiger partial charge in [-0.3, -0.25) is 19.8 Å². The van der Waals surface area contributed by atoms with E-state index in [2.05, 4.69) is 58.1 Å². The van der Waals surface area contributed by atoms with E-state index < -0.39 is 31.3 Å². The van der Waals surface area contributed by atoms with Crippen molar-refractivity contribution >= 4 is 20.2 Å². The number of hydrogen-bond acceptors (Lipinski definition) is 10. The third-order valence-electron chi connectivity index (χ3n) is 4.19. The summed E-state index contributed by atoms with van der Waals surface area (Å²) in [5.41, 5.74) is -6.88. The molecule has 0 fully saturated rings. The number of alkyl halides is 6. The van der Waals surface area contributed by atoms with Crippen LogP contribution >= 0.6 is 0 Å². The van der Waals surface area contributed by atoms with Crippen LogP contribution in [0.15, 0.2) is 36.4 Å². The van der Waals surface area contributed by atoms with Crippen LogP contribution in [0.3, 0.4) is 0 Å². The quantitative estimate of drug-likeness (QED) is 0.189. The second-order valence-corrected chi connectivity index (χ2v) is 10.6. The fraction of sp³-hybridized carbons (Fsp3) is 0.500. The summed E-state index contributed by atoms with van der Waals surface area (Å²) in [6.07, 6.45) is 0. The number of halogens is 6. The molecule has 2 aromatic heterocycles. The van der Waals surface area contributed by atoms with E-state index in [1.807, 2.05) is 26.0 Å². The van der Waals surface area contributed by atoms with Crippen molar-refractivity contribution in [2.45, 2.75) is 38.0 Å². The maximum atomic E-state index is 10.7. The number of nitrogens with zero attached hydrogens (tertiary/aromatic N) is 4. The van der Waals surface area contributed by atoms with Crippen LogP contribution in [0.2, 0.25) is 0 Å². The Morgan fingerprint density at radius 2 is 0.949 bits per heavy atom. The van der Waals surface area contributed by atoms with Gasteiger partial charge in [-0.25, -0.2) is 16.8 Å². The van der Waals surface area contributed by atoms with Crippen molar-refractivity contribution < 1.29 is 69.4 Å². The Morgan fingerprint density at radius 1 is 0.692 bits per heavy atom. The first-order valence-electron chi connectivity index (χ1n) is 10.3. The van der Waals surface area contributed by atoms with Gasteiger partial charge in [-0.1, -0.05) is 12.1 Å². The molecule has 0 N–H and O–H groups in total. The summed E-state index contributed by atoms with van der Waals surface area (Å²) in [6, 6.07) is 12.4. The molecule has 0 saturated carbocycles. The third kappa shape index (κ3) is 17.4. The van der Waals surface area contributed by atoms with Gasteiger partial charge in [-0.15, -0.1) is 0 Å². The van der Waals surface area contributed by atoms with Crippen LogP contribution in [0.5, 0.6) is 0 Å². The number of rotatable bonds is 7. The molecule has 0 aliphatic carbocycles. The predicted molar refractivity (Wildman–Crippen MR) is 122 cm³/mol. The van der Waals surface area contributed by atoms with Crippen molar-refractivity contribution in [3.63, 3.8) is 0 Å². The van der Waals surface area contributed by atoms with Crippen molar-refractivity contribution in [3.8, 4) is 0 Å². The molecule has 19 heteroatoms. The van der Waals surface area contributed by atoms with Crippen LogP contribution in [0.1, 0.15) is 22.8 Å². The van der Waals surface area contributed by atoms with Gasteiger partial charge in [0.25, 0.3) is 0 Å². The molecular formula is C20H26F6FeN4O6S2+2. The summed E-state index contributed by atoms with van der Waals surface area (Å²) in [5.74, 6) is 0. The van der Waals surface area contributed by atoms with Crippen LogP contribution in [0.25, 0.3) is 0 Å². The van der Waals surface area contributed by atoms with Gasteiger partial charge in [-0.05, 0) is 52.2 Å². The van der Waals surface area contributed by atoms with E-state index in [4.69, 9.17) is 25.9 Å². The first-order chi connectivity index (χ1) is 17.0. The second-order valence-electron chi connectivity index (χ2n) is 7.82. The molecule has 0 aliphatic rings. The maximum absolute atomic E-state index is 10.7. The molecule has 0 atom stereocenters. The minimum atomic E-state index is -6.09. The summed E-state index contributed by atoms with van der Waals surface area (Å²) in [7, 11) is -7.90. The van der Waals surface area contributed by atoms with Crippen LogP contribution in [-0.4, -0.2) is 83.9 Å². The summed E-state index contributed by atoms with van der Waals surface area (Å²) in [4.78, 5) is 13.7. The topological polar surface area (TPSA) is 147 Å². The smallest absolute Gasteiger partial charge is 0.741 e. The molecule has 0 amide bonds. The van der Waals surface area contributed by atoms with Crippen molar-refractivity contribution in [2.24, 2.45) is 0 Å². The molecule has 39 heavy (non-hydrogen) atoms. The SMILES string of the molecule is Cc1cccc(CN(C)CCN(C)Cc2cccc(C)n2)n1.O=S(=O)([O-])C(F)(F)F.O=S(=O)([O-])C(F)(F)F.[Fe+4]. The fourth-order valence-corrected chi connectivity index (χ4v) is 2.43. The van der Waals surface area contributed by atoms with E-state index in [1.54, 1.807) is 0 Å². The summed E-state index contributed by atoms with van der Waals surface area (Å²) >= 11 is 0. The molecule has 0 aromatic carbocycles. The van der Waals surface area contributed by atoms with Gasteiger partial charge in [-0.2, -0.15) is 26.3 Å². The Labute approximate surface area is 233 Å². The third-order valence-corrected chi connectivity index (χ3v) is 5.32. The molecule has 0 spiro atoms. The zero-order chi connectivity index (χ0) is 29.9. The summed E-state index contributed by atoms with van der Waals surface area (Å²) in [6.45, 7) is 7.87.